The summed E-state index contributed by atoms with van der Waals surface area (Å²) in [6.07, 6.45) is 0. The molecule has 21 heavy (non-hydrogen) atoms. The minimum absolute atomic E-state index is 0.123. The van der Waals surface area contributed by atoms with E-state index in [9.17, 15) is 4.79 Å². The molecule has 0 fully saturated rings. The maximum Gasteiger partial charge on any atom is 0.251 e. The van der Waals surface area contributed by atoms with Crippen molar-refractivity contribution in [2.24, 2.45) is 0 Å². The molecule has 0 saturated carbocycles. The molecular formula is C15H18BrN3OS. The molecular weight excluding hydrogens is 350 g/mol. The van der Waals surface area contributed by atoms with Gasteiger partial charge < -0.3 is 10.3 Å². The second-order valence-corrected chi connectivity index (χ2v) is 7.00. The summed E-state index contributed by atoms with van der Waals surface area (Å²) in [5.41, 5.74) is 1.80. The van der Waals surface area contributed by atoms with Crippen LogP contribution in [-0.4, -0.2) is 16.0 Å². The maximum absolute atomic E-state index is 11.4. The summed E-state index contributed by atoms with van der Waals surface area (Å²) < 4.78 is 1.05. The second kappa shape index (κ2) is 7.24. The van der Waals surface area contributed by atoms with E-state index in [0.29, 0.717) is 11.2 Å². The molecule has 0 atom stereocenters. The van der Waals surface area contributed by atoms with Crippen molar-refractivity contribution in [1.82, 2.24) is 15.3 Å². The quantitative estimate of drug-likeness (QED) is 0.794. The van der Waals surface area contributed by atoms with Gasteiger partial charge >= 0.3 is 0 Å². The van der Waals surface area contributed by atoms with Crippen LogP contribution in [0.3, 0.4) is 0 Å². The molecule has 0 radical (unpaired) electrons. The van der Waals surface area contributed by atoms with Crippen LogP contribution in [0.2, 0.25) is 0 Å². The zero-order chi connectivity index (χ0) is 15.4. The largest absolute Gasteiger partial charge is 0.310 e. The SMILES string of the molecule is Cc1cc(=O)[nH]c(Sc2ccc(CNC(C)C)c(Br)c2)n1. The normalized spacial score (nSPS) is 11.1. The summed E-state index contributed by atoms with van der Waals surface area (Å²) >= 11 is 5.04. The average Bonchev–Trinajstić information content (AvgIpc) is 2.36. The van der Waals surface area contributed by atoms with E-state index in [1.165, 1.54) is 23.4 Å². The molecule has 0 aliphatic heterocycles. The van der Waals surface area contributed by atoms with Crippen LogP contribution in [-0.2, 0) is 6.54 Å². The lowest BCUT2D eigenvalue weighted by atomic mass is 10.2. The van der Waals surface area contributed by atoms with E-state index >= 15 is 0 Å². The van der Waals surface area contributed by atoms with Gasteiger partial charge in [-0.15, -0.1) is 0 Å². The predicted molar refractivity (Wildman–Crippen MR) is 89.8 cm³/mol. The van der Waals surface area contributed by atoms with E-state index in [1.54, 1.807) is 0 Å². The summed E-state index contributed by atoms with van der Waals surface area (Å²) in [5, 5.41) is 4.00. The highest BCUT2D eigenvalue weighted by Crippen LogP contribution is 2.28. The van der Waals surface area contributed by atoms with Crippen LogP contribution in [0.25, 0.3) is 0 Å². The Balaban J connectivity index is 2.14. The van der Waals surface area contributed by atoms with E-state index in [0.717, 1.165) is 21.6 Å². The average molecular weight is 368 g/mol. The molecule has 0 spiro atoms. The Labute approximate surface area is 136 Å². The number of aromatic amines is 1. The minimum atomic E-state index is -0.123. The Morgan fingerprint density at radius 2 is 2.14 bits per heavy atom. The third-order valence-electron chi connectivity index (χ3n) is 2.79. The monoisotopic (exact) mass is 367 g/mol. The smallest absolute Gasteiger partial charge is 0.251 e. The molecule has 2 aromatic rings. The van der Waals surface area contributed by atoms with E-state index in [2.05, 4.69) is 51.1 Å². The molecule has 2 N–H and O–H groups in total. The number of nitrogens with zero attached hydrogens (tertiary/aromatic N) is 1. The summed E-state index contributed by atoms with van der Waals surface area (Å²) in [7, 11) is 0. The van der Waals surface area contributed by atoms with Gasteiger partial charge in [0, 0.05) is 33.7 Å². The van der Waals surface area contributed by atoms with Gasteiger partial charge in [0.25, 0.3) is 5.56 Å². The maximum atomic E-state index is 11.4. The summed E-state index contributed by atoms with van der Waals surface area (Å²) in [6, 6.07) is 8.10. The number of H-pyrrole nitrogens is 1. The van der Waals surface area contributed by atoms with Gasteiger partial charge in [-0.3, -0.25) is 4.79 Å². The molecule has 0 amide bonds. The van der Waals surface area contributed by atoms with Crippen molar-refractivity contribution >= 4 is 27.7 Å². The first kappa shape index (κ1) is 16.3. The lowest BCUT2D eigenvalue weighted by Crippen LogP contribution is -2.21. The van der Waals surface area contributed by atoms with Gasteiger partial charge in [0.15, 0.2) is 5.16 Å². The highest BCUT2D eigenvalue weighted by Gasteiger charge is 2.06. The molecule has 112 valence electrons. The number of rotatable bonds is 5. The van der Waals surface area contributed by atoms with Crippen LogP contribution in [0, 0.1) is 6.92 Å². The van der Waals surface area contributed by atoms with Crippen molar-refractivity contribution in [3.05, 3.63) is 50.3 Å². The van der Waals surface area contributed by atoms with Crippen molar-refractivity contribution < 1.29 is 0 Å². The molecule has 6 heteroatoms. The number of aryl methyl sites for hydroxylation is 1. The van der Waals surface area contributed by atoms with Gasteiger partial charge in [-0.25, -0.2) is 4.98 Å². The fourth-order valence-electron chi connectivity index (χ4n) is 1.76. The molecule has 0 unspecified atom stereocenters. The van der Waals surface area contributed by atoms with Crippen LogP contribution >= 0.6 is 27.7 Å². The predicted octanol–water partition coefficient (Wildman–Crippen LogP) is 3.49. The molecule has 4 nitrogen and oxygen atoms in total. The number of hydrogen-bond donors (Lipinski definition) is 2. The van der Waals surface area contributed by atoms with Gasteiger partial charge in [0.2, 0.25) is 0 Å². The number of hydrogen-bond acceptors (Lipinski definition) is 4. The van der Waals surface area contributed by atoms with Gasteiger partial charge in [0.05, 0.1) is 0 Å². The van der Waals surface area contributed by atoms with Gasteiger partial charge in [-0.1, -0.05) is 47.6 Å². The van der Waals surface area contributed by atoms with Crippen LogP contribution in [0.15, 0.2) is 43.6 Å². The number of halogens is 1. The number of benzene rings is 1. The fraction of sp³-hybridized carbons (Fsp3) is 0.333. The fourth-order valence-corrected chi connectivity index (χ4v) is 3.31. The van der Waals surface area contributed by atoms with Gasteiger partial charge in [-0.05, 0) is 24.6 Å². The van der Waals surface area contributed by atoms with Crippen molar-refractivity contribution in [3.8, 4) is 0 Å². The number of aromatic nitrogens is 2. The van der Waals surface area contributed by atoms with Crippen molar-refractivity contribution in [2.75, 3.05) is 0 Å². The first-order chi connectivity index (χ1) is 9.94. The molecule has 0 aliphatic carbocycles. The van der Waals surface area contributed by atoms with E-state index in [4.69, 9.17) is 0 Å². The standard InChI is InChI=1S/C15H18BrN3OS/c1-9(2)17-8-11-4-5-12(7-13(11)16)21-15-18-10(3)6-14(20)19-15/h4-7,9,17H,8H2,1-3H3,(H,18,19,20). The van der Waals surface area contributed by atoms with Gasteiger partial charge in [-0.2, -0.15) is 0 Å². The highest BCUT2D eigenvalue weighted by atomic mass is 79.9. The van der Waals surface area contributed by atoms with E-state index in [1.807, 2.05) is 19.1 Å². The molecule has 1 aromatic heterocycles. The van der Waals surface area contributed by atoms with Crippen molar-refractivity contribution in [1.29, 1.82) is 0 Å². The van der Waals surface area contributed by atoms with Crippen LogP contribution in [0.5, 0.6) is 0 Å². The molecule has 1 heterocycles. The first-order valence-electron chi connectivity index (χ1n) is 6.71. The Hall–Kier alpha value is -1.11. The lowest BCUT2D eigenvalue weighted by Gasteiger charge is -2.10. The third-order valence-corrected chi connectivity index (χ3v) is 4.40. The topological polar surface area (TPSA) is 57.8 Å². The molecule has 1 aromatic carbocycles. The Morgan fingerprint density at radius 1 is 1.38 bits per heavy atom. The molecule has 2 rings (SSSR count). The van der Waals surface area contributed by atoms with Crippen LogP contribution < -0.4 is 10.9 Å². The Bertz CT molecular complexity index is 685. The van der Waals surface area contributed by atoms with E-state index in [-0.39, 0.29) is 5.56 Å². The zero-order valence-corrected chi connectivity index (χ0v) is 14.6. The summed E-state index contributed by atoms with van der Waals surface area (Å²) in [5.74, 6) is 0. The Morgan fingerprint density at radius 3 is 2.76 bits per heavy atom. The van der Waals surface area contributed by atoms with E-state index < -0.39 is 0 Å². The van der Waals surface area contributed by atoms with Crippen molar-refractivity contribution in [2.45, 2.75) is 43.4 Å². The Kier molecular flexibility index (Phi) is 5.61. The van der Waals surface area contributed by atoms with Crippen molar-refractivity contribution in [3.63, 3.8) is 0 Å². The first-order valence-corrected chi connectivity index (χ1v) is 8.32. The lowest BCUT2D eigenvalue weighted by molar-refractivity contribution is 0.587. The summed E-state index contributed by atoms with van der Waals surface area (Å²) in [4.78, 5) is 19.5. The second-order valence-electron chi connectivity index (χ2n) is 5.08. The van der Waals surface area contributed by atoms with Crippen LogP contribution in [0.4, 0.5) is 0 Å². The zero-order valence-electron chi connectivity index (χ0n) is 12.2. The molecule has 0 bridgehead atoms. The molecule has 0 saturated heterocycles. The minimum Gasteiger partial charge on any atom is -0.310 e. The van der Waals surface area contributed by atoms with Crippen LogP contribution in [0.1, 0.15) is 25.1 Å². The van der Waals surface area contributed by atoms with Gasteiger partial charge in [0.1, 0.15) is 0 Å². The third kappa shape index (κ3) is 4.98. The highest BCUT2D eigenvalue weighted by molar-refractivity contribution is 9.10. The number of nitrogens with one attached hydrogen (secondary N) is 2. The summed E-state index contributed by atoms with van der Waals surface area (Å²) in [6.45, 7) is 6.88. The molecule has 0 aliphatic rings.